The van der Waals surface area contributed by atoms with E-state index >= 15 is 0 Å². The standard InChI is InChI=1S/C26H21NO2S/c28-26(29)21-10-5-9-20(15-21)24-13-12-22(16-25(24)19-7-2-1-3-8-19)27-17-18-6-4-11-23(30)14-18/h1-16,27,30H,17H2,(H,28,29). The van der Waals surface area contributed by atoms with Gasteiger partial charge < -0.3 is 10.4 Å². The van der Waals surface area contributed by atoms with E-state index in [9.17, 15) is 9.90 Å². The van der Waals surface area contributed by atoms with Crippen LogP contribution in [0.25, 0.3) is 22.3 Å². The maximum absolute atomic E-state index is 11.4. The average molecular weight is 412 g/mol. The lowest BCUT2D eigenvalue weighted by Gasteiger charge is -2.15. The number of carboxylic acid groups (broad SMARTS) is 1. The van der Waals surface area contributed by atoms with E-state index in [0.29, 0.717) is 6.54 Å². The zero-order chi connectivity index (χ0) is 20.9. The first-order valence-electron chi connectivity index (χ1n) is 9.65. The van der Waals surface area contributed by atoms with E-state index in [-0.39, 0.29) is 5.56 Å². The molecule has 4 heteroatoms. The first-order valence-corrected chi connectivity index (χ1v) is 10.1. The van der Waals surface area contributed by atoms with Crippen molar-refractivity contribution < 1.29 is 9.90 Å². The van der Waals surface area contributed by atoms with Gasteiger partial charge in [-0.1, -0.05) is 60.7 Å². The molecule has 4 rings (SSSR count). The number of rotatable bonds is 6. The van der Waals surface area contributed by atoms with Crippen molar-refractivity contribution in [2.45, 2.75) is 11.4 Å². The van der Waals surface area contributed by atoms with Crippen molar-refractivity contribution in [1.29, 1.82) is 0 Å². The van der Waals surface area contributed by atoms with Gasteiger partial charge in [-0.15, -0.1) is 12.6 Å². The van der Waals surface area contributed by atoms with Crippen molar-refractivity contribution in [2.75, 3.05) is 5.32 Å². The zero-order valence-corrected chi connectivity index (χ0v) is 17.1. The molecule has 3 nitrogen and oxygen atoms in total. The van der Waals surface area contributed by atoms with Crippen molar-refractivity contribution in [3.8, 4) is 22.3 Å². The summed E-state index contributed by atoms with van der Waals surface area (Å²) >= 11 is 4.41. The molecule has 2 N–H and O–H groups in total. The van der Waals surface area contributed by atoms with Gasteiger partial charge in [-0.2, -0.15) is 0 Å². The normalized spacial score (nSPS) is 10.6. The van der Waals surface area contributed by atoms with E-state index in [2.05, 4.69) is 42.2 Å². The lowest BCUT2D eigenvalue weighted by Crippen LogP contribution is -2.00. The molecule has 0 unspecified atom stereocenters. The molecule has 0 radical (unpaired) electrons. The smallest absolute Gasteiger partial charge is 0.335 e. The van der Waals surface area contributed by atoms with Gasteiger partial charge in [0.05, 0.1) is 5.56 Å². The number of thiol groups is 1. The number of hydrogen-bond acceptors (Lipinski definition) is 3. The summed E-state index contributed by atoms with van der Waals surface area (Å²) in [6, 6.07) is 31.4. The second kappa shape index (κ2) is 8.89. The molecule has 148 valence electrons. The van der Waals surface area contributed by atoms with Gasteiger partial charge in [-0.25, -0.2) is 4.79 Å². The van der Waals surface area contributed by atoms with Gasteiger partial charge in [0.25, 0.3) is 0 Å². The highest BCUT2D eigenvalue weighted by molar-refractivity contribution is 7.80. The summed E-state index contributed by atoms with van der Waals surface area (Å²) in [5.74, 6) is -0.928. The SMILES string of the molecule is O=C(O)c1cccc(-c2ccc(NCc3cccc(S)c3)cc2-c2ccccc2)c1. The van der Waals surface area contributed by atoms with Crippen LogP contribution in [-0.2, 0) is 6.54 Å². The number of benzene rings is 4. The highest BCUT2D eigenvalue weighted by Crippen LogP contribution is 2.35. The summed E-state index contributed by atoms with van der Waals surface area (Å²) in [6.45, 7) is 0.691. The number of carbonyl (C=O) groups is 1. The Labute approximate surface area is 181 Å². The monoisotopic (exact) mass is 411 g/mol. The Bertz CT molecular complexity index is 1190. The predicted octanol–water partition coefficient (Wildman–Crippen LogP) is 6.62. The van der Waals surface area contributed by atoms with Crippen LogP contribution in [-0.4, -0.2) is 11.1 Å². The van der Waals surface area contributed by atoms with Crippen LogP contribution >= 0.6 is 12.6 Å². The van der Waals surface area contributed by atoms with Crippen LogP contribution in [0.5, 0.6) is 0 Å². The molecule has 0 aromatic heterocycles. The third-order valence-corrected chi connectivity index (χ3v) is 5.21. The van der Waals surface area contributed by atoms with Gasteiger partial charge in [0.15, 0.2) is 0 Å². The van der Waals surface area contributed by atoms with Crippen LogP contribution in [0.1, 0.15) is 15.9 Å². The second-order valence-corrected chi connectivity index (χ2v) is 7.55. The quantitative estimate of drug-likeness (QED) is 0.313. The Hall–Kier alpha value is -3.50. The first kappa shape index (κ1) is 19.8. The summed E-state index contributed by atoms with van der Waals surface area (Å²) in [5, 5.41) is 12.8. The van der Waals surface area contributed by atoms with E-state index in [1.165, 1.54) is 0 Å². The minimum Gasteiger partial charge on any atom is -0.478 e. The highest BCUT2D eigenvalue weighted by Gasteiger charge is 2.11. The van der Waals surface area contributed by atoms with Crippen LogP contribution < -0.4 is 5.32 Å². The Kier molecular flexibility index (Phi) is 5.87. The van der Waals surface area contributed by atoms with Crippen LogP contribution in [0.3, 0.4) is 0 Å². The van der Waals surface area contributed by atoms with Gasteiger partial charge in [0.1, 0.15) is 0 Å². The molecule has 0 fully saturated rings. The van der Waals surface area contributed by atoms with Crippen LogP contribution in [0.15, 0.2) is 102 Å². The Morgan fingerprint density at radius 2 is 1.53 bits per heavy atom. The molecular formula is C26H21NO2S. The van der Waals surface area contributed by atoms with Crippen molar-refractivity contribution in [2.24, 2.45) is 0 Å². The minimum atomic E-state index is -0.928. The maximum atomic E-state index is 11.4. The molecule has 0 amide bonds. The second-order valence-electron chi connectivity index (χ2n) is 7.04. The fraction of sp³-hybridized carbons (Fsp3) is 0.0385. The van der Waals surface area contributed by atoms with E-state index < -0.39 is 5.97 Å². The number of anilines is 1. The first-order chi connectivity index (χ1) is 14.6. The zero-order valence-electron chi connectivity index (χ0n) is 16.2. The van der Waals surface area contributed by atoms with Crippen LogP contribution in [0, 0.1) is 0 Å². The molecule has 0 aliphatic rings. The molecule has 0 saturated carbocycles. The molecule has 0 atom stereocenters. The fourth-order valence-corrected chi connectivity index (χ4v) is 3.70. The molecule has 0 heterocycles. The molecule has 0 saturated heterocycles. The molecular weight excluding hydrogens is 390 g/mol. The van der Waals surface area contributed by atoms with Gasteiger partial charge in [-0.3, -0.25) is 0 Å². The number of nitrogens with one attached hydrogen (secondary N) is 1. The number of carboxylic acids is 1. The van der Waals surface area contributed by atoms with E-state index in [4.69, 9.17) is 0 Å². The molecule has 0 spiro atoms. The van der Waals surface area contributed by atoms with Crippen molar-refractivity contribution in [3.63, 3.8) is 0 Å². The number of hydrogen-bond donors (Lipinski definition) is 3. The Morgan fingerprint density at radius 3 is 2.30 bits per heavy atom. The lowest BCUT2D eigenvalue weighted by molar-refractivity contribution is 0.0697. The molecule has 0 aliphatic carbocycles. The van der Waals surface area contributed by atoms with E-state index in [1.54, 1.807) is 18.2 Å². The van der Waals surface area contributed by atoms with Gasteiger partial charge in [0.2, 0.25) is 0 Å². The molecule has 0 aliphatic heterocycles. The Morgan fingerprint density at radius 1 is 0.767 bits per heavy atom. The van der Waals surface area contributed by atoms with Gasteiger partial charge in [-0.05, 0) is 64.2 Å². The summed E-state index contributed by atoms with van der Waals surface area (Å²) in [6.07, 6.45) is 0. The molecule has 30 heavy (non-hydrogen) atoms. The topological polar surface area (TPSA) is 49.3 Å². The summed E-state index contributed by atoms with van der Waals surface area (Å²) in [4.78, 5) is 12.4. The third kappa shape index (κ3) is 4.56. The average Bonchev–Trinajstić information content (AvgIpc) is 2.78. The lowest BCUT2D eigenvalue weighted by atomic mass is 9.93. The van der Waals surface area contributed by atoms with Crippen LogP contribution in [0.4, 0.5) is 5.69 Å². The summed E-state index contributed by atoms with van der Waals surface area (Å²) in [5.41, 5.74) is 6.43. The van der Waals surface area contributed by atoms with Crippen molar-refractivity contribution in [1.82, 2.24) is 0 Å². The van der Waals surface area contributed by atoms with Gasteiger partial charge >= 0.3 is 5.97 Å². The van der Waals surface area contributed by atoms with Gasteiger partial charge in [0, 0.05) is 17.1 Å². The van der Waals surface area contributed by atoms with Crippen molar-refractivity contribution >= 4 is 24.3 Å². The predicted molar refractivity (Wildman–Crippen MR) is 125 cm³/mol. The maximum Gasteiger partial charge on any atom is 0.335 e. The number of aromatic carboxylic acids is 1. The van der Waals surface area contributed by atoms with E-state index in [0.717, 1.165) is 38.4 Å². The third-order valence-electron chi connectivity index (χ3n) is 4.93. The van der Waals surface area contributed by atoms with Crippen molar-refractivity contribution in [3.05, 3.63) is 108 Å². The Balaban J connectivity index is 1.72. The highest BCUT2D eigenvalue weighted by atomic mass is 32.1. The molecule has 4 aromatic carbocycles. The summed E-state index contributed by atoms with van der Waals surface area (Å²) in [7, 11) is 0. The molecule has 0 bridgehead atoms. The minimum absolute atomic E-state index is 0.278. The molecule has 4 aromatic rings. The van der Waals surface area contributed by atoms with E-state index in [1.807, 2.05) is 54.6 Å². The summed E-state index contributed by atoms with van der Waals surface area (Å²) < 4.78 is 0. The van der Waals surface area contributed by atoms with Crippen LogP contribution in [0.2, 0.25) is 0 Å². The fourth-order valence-electron chi connectivity index (χ4n) is 3.45. The largest absolute Gasteiger partial charge is 0.478 e.